The van der Waals surface area contributed by atoms with Crippen LogP contribution in [0.4, 0.5) is 5.69 Å². The molecule has 1 aliphatic heterocycles. The van der Waals surface area contributed by atoms with E-state index in [9.17, 15) is 4.79 Å². The Morgan fingerprint density at radius 3 is 2.59 bits per heavy atom. The van der Waals surface area contributed by atoms with Crippen molar-refractivity contribution in [2.45, 2.75) is 0 Å². The number of hydrogen-bond acceptors (Lipinski definition) is 3. The van der Waals surface area contributed by atoms with Crippen LogP contribution in [0.5, 0.6) is 11.5 Å². The lowest BCUT2D eigenvalue weighted by Gasteiger charge is -2.06. The highest BCUT2D eigenvalue weighted by Gasteiger charge is 2.12. The summed E-state index contributed by atoms with van der Waals surface area (Å²) >= 11 is 12.0. The van der Waals surface area contributed by atoms with E-state index in [1.54, 1.807) is 36.4 Å². The van der Waals surface area contributed by atoms with Crippen LogP contribution in [0, 0.1) is 0 Å². The molecule has 1 amide bonds. The monoisotopic (exact) mass is 335 g/mol. The normalized spacial score (nSPS) is 12.6. The van der Waals surface area contributed by atoms with Crippen molar-refractivity contribution in [2.75, 3.05) is 12.1 Å². The molecule has 0 fully saturated rings. The van der Waals surface area contributed by atoms with Gasteiger partial charge in [0, 0.05) is 6.08 Å². The highest BCUT2D eigenvalue weighted by atomic mass is 35.5. The SMILES string of the molecule is O=C(/C=C\c1ccc2c(c1)OCO2)Nc1c(Cl)cccc1Cl. The summed E-state index contributed by atoms with van der Waals surface area (Å²) in [6.45, 7) is 0.216. The third-order valence-corrected chi connectivity index (χ3v) is 3.66. The van der Waals surface area contributed by atoms with E-state index in [0.717, 1.165) is 5.56 Å². The van der Waals surface area contributed by atoms with Crippen LogP contribution in [0.15, 0.2) is 42.5 Å². The number of ether oxygens (including phenoxy) is 2. The molecule has 2 aromatic carbocycles. The number of hydrogen-bond donors (Lipinski definition) is 1. The van der Waals surface area contributed by atoms with Gasteiger partial charge in [-0.3, -0.25) is 4.79 Å². The van der Waals surface area contributed by atoms with E-state index in [4.69, 9.17) is 32.7 Å². The number of carbonyl (C=O) groups excluding carboxylic acids is 1. The molecule has 1 heterocycles. The molecule has 3 rings (SSSR count). The van der Waals surface area contributed by atoms with Gasteiger partial charge in [-0.05, 0) is 35.9 Å². The van der Waals surface area contributed by atoms with Crippen LogP contribution in [0.1, 0.15) is 5.56 Å². The second-order valence-corrected chi connectivity index (χ2v) is 5.35. The van der Waals surface area contributed by atoms with E-state index in [1.165, 1.54) is 6.08 Å². The number of carbonyl (C=O) groups is 1. The molecular weight excluding hydrogens is 325 g/mol. The third kappa shape index (κ3) is 3.18. The van der Waals surface area contributed by atoms with Crippen LogP contribution in [0.3, 0.4) is 0 Å². The lowest BCUT2D eigenvalue weighted by atomic mass is 10.2. The first-order valence-corrected chi connectivity index (χ1v) is 7.22. The molecule has 6 heteroatoms. The molecule has 0 bridgehead atoms. The molecular formula is C16H11Cl2NO3. The van der Waals surface area contributed by atoms with Gasteiger partial charge in [0.25, 0.3) is 0 Å². The van der Waals surface area contributed by atoms with Gasteiger partial charge in [-0.1, -0.05) is 35.3 Å². The van der Waals surface area contributed by atoms with Crippen LogP contribution in [-0.4, -0.2) is 12.7 Å². The number of amides is 1. The van der Waals surface area contributed by atoms with Gasteiger partial charge in [0.15, 0.2) is 11.5 Å². The Kier molecular flexibility index (Phi) is 4.22. The van der Waals surface area contributed by atoms with Gasteiger partial charge in [-0.2, -0.15) is 0 Å². The molecule has 0 aromatic heterocycles. The van der Waals surface area contributed by atoms with Crippen molar-refractivity contribution in [2.24, 2.45) is 0 Å². The van der Waals surface area contributed by atoms with Gasteiger partial charge in [0.1, 0.15) is 0 Å². The fourth-order valence-electron chi connectivity index (χ4n) is 1.97. The first-order valence-electron chi connectivity index (χ1n) is 6.46. The van der Waals surface area contributed by atoms with Crippen molar-refractivity contribution in [3.8, 4) is 11.5 Å². The zero-order chi connectivity index (χ0) is 15.5. The molecule has 0 aliphatic carbocycles. The van der Waals surface area contributed by atoms with E-state index in [0.29, 0.717) is 27.2 Å². The summed E-state index contributed by atoms with van der Waals surface area (Å²) < 4.78 is 10.5. The van der Waals surface area contributed by atoms with Crippen molar-refractivity contribution in [1.82, 2.24) is 0 Å². The average molecular weight is 336 g/mol. The Morgan fingerprint density at radius 1 is 1.09 bits per heavy atom. The van der Waals surface area contributed by atoms with Crippen LogP contribution in [-0.2, 0) is 4.79 Å². The number of benzene rings is 2. The summed E-state index contributed by atoms with van der Waals surface area (Å²) in [5.41, 5.74) is 1.22. The summed E-state index contributed by atoms with van der Waals surface area (Å²) in [5, 5.41) is 3.43. The highest BCUT2D eigenvalue weighted by molar-refractivity contribution is 6.39. The zero-order valence-corrected chi connectivity index (χ0v) is 12.8. The number of rotatable bonds is 3. The Bertz CT molecular complexity index is 739. The lowest BCUT2D eigenvalue weighted by Crippen LogP contribution is -2.08. The summed E-state index contributed by atoms with van der Waals surface area (Å²) in [6, 6.07) is 10.5. The fraction of sp³-hybridized carbons (Fsp3) is 0.0625. The topological polar surface area (TPSA) is 47.6 Å². The van der Waals surface area contributed by atoms with Crippen LogP contribution < -0.4 is 14.8 Å². The Labute approximate surface area is 137 Å². The summed E-state index contributed by atoms with van der Waals surface area (Å²) in [4.78, 5) is 12.0. The number of nitrogens with one attached hydrogen (secondary N) is 1. The maximum Gasteiger partial charge on any atom is 0.248 e. The predicted octanol–water partition coefficient (Wildman–Crippen LogP) is 4.37. The van der Waals surface area contributed by atoms with Gasteiger partial charge in [-0.15, -0.1) is 0 Å². The molecule has 0 saturated carbocycles. The molecule has 112 valence electrons. The maximum absolute atomic E-state index is 12.0. The molecule has 4 nitrogen and oxygen atoms in total. The fourth-order valence-corrected chi connectivity index (χ4v) is 2.46. The second kappa shape index (κ2) is 6.30. The van der Waals surface area contributed by atoms with Crippen molar-refractivity contribution < 1.29 is 14.3 Å². The third-order valence-electron chi connectivity index (χ3n) is 3.03. The largest absolute Gasteiger partial charge is 0.454 e. The zero-order valence-electron chi connectivity index (χ0n) is 11.3. The minimum atomic E-state index is -0.326. The van der Waals surface area contributed by atoms with Gasteiger partial charge in [-0.25, -0.2) is 0 Å². The molecule has 0 saturated heterocycles. The quantitative estimate of drug-likeness (QED) is 0.847. The van der Waals surface area contributed by atoms with Crippen LogP contribution >= 0.6 is 23.2 Å². The number of halogens is 2. The van der Waals surface area contributed by atoms with E-state index < -0.39 is 0 Å². The number of fused-ring (bicyclic) bond motifs is 1. The van der Waals surface area contributed by atoms with Crippen molar-refractivity contribution in [3.63, 3.8) is 0 Å². The standard InChI is InChI=1S/C16H11Cl2NO3/c17-11-2-1-3-12(18)16(11)19-15(20)7-5-10-4-6-13-14(8-10)22-9-21-13/h1-8H,9H2,(H,19,20)/b7-5-. The minimum absolute atomic E-state index is 0.216. The average Bonchev–Trinajstić information content (AvgIpc) is 2.96. The van der Waals surface area contributed by atoms with Gasteiger partial charge in [0.2, 0.25) is 12.7 Å². The summed E-state index contributed by atoms with van der Waals surface area (Å²) in [5.74, 6) is 1.04. The molecule has 0 unspecified atom stereocenters. The van der Waals surface area contributed by atoms with Crippen molar-refractivity contribution in [1.29, 1.82) is 0 Å². The van der Waals surface area contributed by atoms with E-state index in [1.807, 2.05) is 6.07 Å². The second-order valence-electron chi connectivity index (χ2n) is 4.53. The predicted molar refractivity (Wildman–Crippen MR) is 86.7 cm³/mol. The van der Waals surface area contributed by atoms with Gasteiger partial charge in [0.05, 0.1) is 15.7 Å². The number of anilines is 1. The minimum Gasteiger partial charge on any atom is -0.454 e. The molecule has 2 aromatic rings. The smallest absolute Gasteiger partial charge is 0.248 e. The van der Waals surface area contributed by atoms with Gasteiger partial charge < -0.3 is 14.8 Å². The summed E-state index contributed by atoms with van der Waals surface area (Å²) in [7, 11) is 0. The maximum atomic E-state index is 12.0. The van der Waals surface area contributed by atoms with E-state index in [2.05, 4.69) is 5.32 Å². The van der Waals surface area contributed by atoms with E-state index in [-0.39, 0.29) is 12.7 Å². The molecule has 1 N–H and O–H groups in total. The Hall–Kier alpha value is -2.17. The first kappa shape index (κ1) is 14.8. The summed E-state index contributed by atoms with van der Waals surface area (Å²) in [6.07, 6.45) is 3.07. The molecule has 1 aliphatic rings. The van der Waals surface area contributed by atoms with Crippen molar-refractivity contribution in [3.05, 3.63) is 58.1 Å². The van der Waals surface area contributed by atoms with Crippen LogP contribution in [0.25, 0.3) is 6.08 Å². The lowest BCUT2D eigenvalue weighted by molar-refractivity contribution is -0.111. The Morgan fingerprint density at radius 2 is 1.82 bits per heavy atom. The Balaban J connectivity index is 1.71. The van der Waals surface area contributed by atoms with Crippen molar-refractivity contribution >= 4 is 40.9 Å². The molecule has 0 spiro atoms. The first-order chi connectivity index (χ1) is 10.6. The molecule has 0 atom stereocenters. The highest BCUT2D eigenvalue weighted by Crippen LogP contribution is 2.33. The molecule has 0 radical (unpaired) electrons. The van der Waals surface area contributed by atoms with Crippen LogP contribution in [0.2, 0.25) is 10.0 Å². The molecule has 22 heavy (non-hydrogen) atoms. The number of para-hydroxylation sites is 1. The van der Waals surface area contributed by atoms with Gasteiger partial charge >= 0.3 is 0 Å². The van der Waals surface area contributed by atoms with E-state index >= 15 is 0 Å².